The Morgan fingerprint density at radius 1 is 1.39 bits per heavy atom. The summed E-state index contributed by atoms with van der Waals surface area (Å²) in [5.41, 5.74) is 0.892. The maximum absolute atomic E-state index is 11.8. The van der Waals surface area contributed by atoms with Gasteiger partial charge in [-0.15, -0.1) is 0 Å². The quantitative estimate of drug-likeness (QED) is 0.810. The first-order chi connectivity index (χ1) is 8.59. The second-order valence-electron chi connectivity index (χ2n) is 3.45. The van der Waals surface area contributed by atoms with E-state index in [2.05, 4.69) is 9.36 Å². The standard InChI is InChI=1S/C11H8Cl2N2O2S/c1-6(7-2-4-14-5-3-7)17-11(16)9-8(12)10(13)18-15-9/h2-6H,1H3. The van der Waals surface area contributed by atoms with Gasteiger partial charge in [0.25, 0.3) is 0 Å². The number of aromatic nitrogens is 2. The van der Waals surface area contributed by atoms with Gasteiger partial charge in [-0.05, 0) is 36.2 Å². The van der Waals surface area contributed by atoms with Crippen molar-refractivity contribution in [2.75, 3.05) is 0 Å². The fourth-order valence-electron chi connectivity index (χ4n) is 1.30. The Morgan fingerprint density at radius 3 is 2.61 bits per heavy atom. The van der Waals surface area contributed by atoms with E-state index in [1.165, 1.54) is 0 Å². The highest BCUT2D eigenvalue weighted by Gasteiger charge is 2.21. The summed E-state index contributed by atoms with van der Waals surface area (Å²) in [5, 5.41) is 0.133. The summed E-state index contributed by atoms with van der Waals surface area (Å²) >= 11 is 12.5. The zero-order chi connectivity index (χ0) is 13.1. The number of rotatable bonds is 3. The van der Waals surface area contributed by atoms with Gasteiger partial charge in [0.1, 0.15) is 15.5 Å². The van der Waals surface area contributed by atoms with Crippen LogP contribution < -0.4 is 0 Å². The van der Waals surface area contributed by atoms with Crippen molar-refractivity contribution in [2.24, 2.45) is 0 Å². The fraction of sp³-hybridized carbons (Fsp3) is 0.182. The van der Waals surface area contributed by atoms with Gasteiger partial charge >= 0.3 is 5.97 Å². The van der Waals surface area contributed by atoms with Crippen LogP contribution in [-0.2, 0) is 4.74 Å². The van der Waals surface area contributed by atoms with Gasteiger partial charge in [0.2, 0.25) is 0 Å². The maximum atomic E-state index is 11.8. The molecular weight excluding hydrogens is 295 g/mol. The molecule has 2 aromatic heterocycles. The second kappa shape index (κ2) is 5.65. The van der Waals surface area contributed by atoms with Crippen LogP contribution in [0.3, 0.4) is 0 Å². The molecule has 0 N–H and O–H groups in total. The normalized spacial score (nSPS) is 12.2. The molecule has 0 saturated carbocycles. The van der Waals surface area contributed by atoms with Crippen molar-refractivity contribution in [2.45, 2.75) is 13.0 Å². The zero-order valence-electron chi connectivity index (χ0n) is 9.26. The lowest BCUT2D eigenvalue weighted by Gasteiger charge is -2.12. The van der Waals surface area contributed by atoms with Crippen LogP contribution in [0.4, 0.5) is 0 Å². The van der Waals surface area contributed by atoms with Crippen LogP contribution >= 0.6 is 34.7 Å². The fourth-order valence-corrected chi connectivity index (χ4v) is 2.28. The van der Waals surface area contributed by atoms with E-state index < -0.39 is 12.1 Å². The summed E-state index contributed by atoms with van der Waals surface area (Å²) in [4.78, 5) is 15.7. The Bertz CT molecular complexity index is 559. The highest BCUT2D eigenvalue weighted by atomic mass is 35.5. The molecule has 0 amide bonds. The molecule has 4 nitrogen and oxygen atoms in total. The molecule has 94 valence electrons. The average molecular weight is 303 g/mol. The minimum absolute atomic E-state index is 0.0487. The zero-order valence-corrected chi connectivity index (χ0v) is 11.6. The number of hydrogen-bond acceptors (Lipinski definition) is 5. The highest BCUT2D eigenvalue weighted by Crippen LogP contribution is 2.30. The van der Waals surface area contributed by atoms with Gasteiger partial charge in [0.05, 0.1) is 0 Å². The van der Waals surface area contributed by atoms with Gasteiger partial charge < -0.3 is 4.74 Å². The SMILES string of the molecule is CC(OC(=O)c1nsc(Cl)c1Cl)c1ccncc1. The van der Waals surface area contributed by atoms with Crippen molar-refractivity contribution in [1.82, 2.24) is 9.36 Å². The van der Waals surface area contributed by atoms with Crippen LogP contribution in [0.25, 0.3) is 0 Å². The van der Waals surface area contributed by atoms with Crippen LogP contribution in [0.15, 0.2) is 24.5 Å². The van der Waals surface area contributed by atoms with Crippen molar-refractivity contribution in [1.29, 1.82) is 0 Å². The maximum Gasteiger partial charge on any atom is 0.360 e. The molecule has 1 unspecified atom stereocenters. The molecule has 0 aromatic carbocycles. The highest BCUT2D eigenvalue weighted by molar-refractivity contribution is 7.11. The topological polar surface area (TPSA) is 52.1 Å². The molecule has 0 aliphatic rings. The van der Waals surface area contributed by atoms with Crippen LogP contribution in [0.1, 0.15) is 29.1 Å². The lowest BCUT2D eigenvalue weighted by atomic mass is 10.2. The smallest absolute Gasteiger partial charge is 0.360 e. The summed E-state index contributed by atoms with van der Waals surface area (Å²) in [5.74, 6) is -0.590. The average Bonchev–Trinajstić information content (AvgIpc) is 2.71. The molecule has 0 fully saturated rings. The van der Waals surface area contributed by atoms with Gasteiger partial charge in [-0.1, -0.05) is 23.2 Å². The number of ether oxygens (including phenoxy) is 1. The van der Waals surface area contributed by atoms with E-state index in [1.54, 1.807) is 31.5 Å². The molecule has 0 aliphatic heterocycles. The Morgan fingerprint density at radius 2 is 2.06 bits per heavy atom. The lowest BCUT2D eigenvalue weighted by molar-refractivity contribution is 0.0332. The van der Waals surface area contributed by atoms with E-state index in [9.17, 15) is 4.79 Å². The molecule has 2 rings (SSSR count). The van der Waals surface area contributed by atoms with E-state index >= 15 is 0 Å². The van der Waals surface area contributed by atoms with Gasteiger partial charge in [-0.25, -0.2) is 4.79 Å². The van der Waals surface area contributed by atoms with Crippen LogP contribution in [0.5, 0.6) is 0 Å². The first-order valence-electron chi connectivity index (χ1n) is 5.01. The van der Waals surface area contributed by atoms with E-state index in [1.807, 2.05) is 0 Å². The molecule has 0 radical (unpaired) electrons. The molecule has 18 heavy (non-hydrogen) atoms. The first kappa shape index (κ1) is 13.3. The predicted molar refractivity (Wildman–Crippen MR) is 70.2 cm³/mol. The van der Waals surface area contributed by atoms with Crippen LogP contribution in [0.2, 0.25) is 9.36 Å². The van der Waals surface area contributed by atoms with Gasteiger partial charge in [-0.2, -0.15) is 4.37 Å². The third-order valence-electron chi connectivity index (χ3n) is 2.25. The summed E-state index contributed by atoms with van der Waals surface area (Å²) in [7, 11) is 0. The number of hydrogen-bond donors (Lipinski definition) is 0. The van der Waals surface area contributed by atoms with E-state index in [4.69, 9.17) is 27.9 Å². The summed E-state index contributed by atoms with van der Waals surface area (Å²) in [6.45, 7) is 1.76. The summed E-state index contributed by atoms with van der Waals surface area (Å²) in [6, 6.07) is 3.54. The van der Waals surface area contributed by atoms with Crippen molar-refractivity contribution in [3.8, 4) is 0 Å². The van der Waals surface area contributed by atoms with Crippen molar-refractivity contribution < 1.29 is 9.53 Å². The van der Waals surface area contributed by atoms with Gasteiger partial charge in [0, 0.05) is 12.4 Å². The van der Waals surface area contributed by atoms with Gasteiger partial charge in [-0.3, -0.25) is 4.98 Å². The number of nitrogens with zero attached hydrogens (tertiary/aromatic N) is 2. The molecule has 2 heterocycles. The van der Waals surface area contributed by atoms with Gasteiger partial charge in [0.15, 0.2) is 5.69 Å². The molecule has 0 bridgehead atoms. The molecular formula is C11H8Cl2N2O2S. The van der Waals surface area contributed by atoms with Crippen molar-refractivity contribution >= 4 is 40.7 Å². The Kier molecular flexibility index (Phi) is 4.16. The number of halogens is 2. The van der Waals surface area contributed by atoms with Crippen LogP contribution in [-0.4, -0.2) is 15.3 Å². The molecule has 0 spiro atoms. The third kappa shape index (κ3) is 2.80. The number of carbonyl (C=O) groups excluding carboxylic acids is 1. The Balaban J connectivity index is 2.11. The Hall–Kier alpha value is -1.17. The summed E-state index contributed by atoms with van der Waals surface area (Å²) in [6.07, 6.45) is 2.86. The predicted octanol–water partition coefficient (Wildman–Crippen LogP) is 3.76. The molecule has 2 aromatic rings. The van der Waals surface area contributed by atoms with Crippen molar-refractivity contribution in [3.63, 3.8) is 0 Å². The number of esters is 1. The monoisotopic (exact) mass is 302 g/mol. The molecule has 7 heteroatoms. The summed E-state index contributed by atoms with van der Waals surface area (Å²) < 4.78 is 9.38. The number of pyridine rings is 1. The molecule has 0 aliphatic carbocycles. The molecule has 1 atom stereocenters. The van der Waals surface area contributed by atoms with Crippen LogP contribution in [0, 0.1) is 0 Å². The third-order valence-corrected chi connectivity index (χ3v) is 3.86. The Labute approximate surface area is 118 Å². The van der Waals surface area contributed by atoms with E-state index in [-0.39, 0.29) is 15.1 Å². The minimum Gasteiger partial charge on any atom is -0.453 e. The first-order valence-corrected chi connectivity index (χ1v) is 6.54. The minimum atomic E-state index is -0.590. The van der Waals surface area contributed by atoms with E-state index in [0.717, 1.165) is 17.1 Å². The van der Waals surface area contributed by atoms with E-state index in [0.29, 0.717) is 0 Å². The number of carbonyl (C=O) groups is 1. The lowest BCUT2D eigenvalue weighted by Crippen LogP contribution is -2.10. The largest absolute Gasteiger partial charge is 0.453 e. The second-order valence-corrected chi connectivity index (χ2v) is 5.20. The molecule has 0 saturated heterocycles. The van der Waals surface area contributed by atoms with Crippen molar-refractivity contribution in [3.05, 3.63) is 45.1 Å².